The molecule has 8 aromatic rings. The van der Waals surface area contributed by atoms with Gasteiger partial charge < -0.3 is 13.7 Å². The van der Waals surface area contributed by atoms with Crippen molar-refractivity contribution in [3.05, 3.63) is 246 Å². The Bertz CT molecular complexity index is 3340. The Morgan fingerprint density at radius 2 is 0.519 bits per heavy atom. The maximum Gasteiger partial charge on any atom is 0.485 e. The van der Waals surface area contributed by atoms with Crippen molar-refractivity contribution >= 4 is 52.1 Å². The standard InChI is InChI=1S/C54H48IS2.3CHF3O3S/c1-39-13-5-9-17-51(39)56(52-18-10-6-14-40(52)2)49-33-25-45(26-34-49)37-43-21-29-47(30-22-43)55-48-31-23-44(24-32-48)38-46-27-35-50(36-28-46)57(53-19-11-7-15-41(53)3)54-20-12-8-16-42(54)4;3*2-1(3,4)8(5,6)7/h5-36H,37-38H2,1-4H3;3*(H,5,6,7)/q+3;;;/p-3. The molecule has 0 heterocycles. The van der Waals surface area contributed by atoms with Gasteiger partial charge >= 0.3 is 37.7 Å². The van der Waals surface area contributed by atoms with Crippen molar-refractivity contribution in [2.45, 2.75) is 86.4 Å². The van der Waals surface area contributed by atoms with E-state index in [2.05, 4.69) is 222 Å². The summed E-state index contributed by atoms with van der Waals surface area (Å²) in [5, 5.41) is 0. The van der Waals surface area contributed by atoms with E-state index in [0.717, 1.165) is 12.8 Å². The normalized spacial score (nSPS) is 12.1. The molecular weight excluding hydrogens is 1290 g/mol. The molecule has 0 aliphatic carbocycles. The number of hydrogen-bond donors (Lipinski definition) is 0. The van der Waals surface area contributed by atoms with Crippen LogP contribution >= 0.6 is 0 Å². The zero-order valence-corrected chi connectivity index (χ0v) is 49.1. The van der Waals surface area contributed by atoms with Crippen LogP contribution in [0.2, 0.25) is 0 Å². The fourth-order valence-corrected chi connectivity index (χ4v) is 14.2. The number of rotatable bonds is 12. The lowest BCUT2D eigenvalue weighted by Crippen LogP contribution is -3.61. The molecule has 0 bridgehead atoms. The largest absolute Gasteiger partial charge is 0.741 e. The van der Waals surface area contributed by atoms with Crippen LogP contribution in [-0.2, 0) is 65.0 Å². The molecule has 8 aromatic carbocycles. The molecule has 0 saturated heterocycles. The second-order valence-corrected chi connectivity index (χ2v) is 28.4. The highest BCUT2D eigenvalue weighted by Crippen LogP contribution is 2.37. The molecule has 0 atom stereocenters. The Hall–Kier alpha value is -5.71. The Morgan fingerprint density at radius 1 is 0.333 bits per heavy atom. The van der Waals surface area contributed by atoms with Gasteiger partial charge in [0, 0.05) is 22.3 Å². The zero-order valence-electron chi connectivity index (χ0n) is 42.9. The first-order chi connectivity index (χ1) is 37.6. The van der Waals surface area contributed by atoms with Crippen molar-refractivity contribution in [3.63, 3.8) is 0 Å². The third kappa shape index (κ3) is 19.4. The molecule has 0 fully saturated rings. The maximum atomic E-state index is 10.7. The second-order valence-electron chi connectivity index (χ2n) is 17.4. The zero-order chi connectivity index (χ0) is 60.1. The van der Waals surface area contributed by atoms with E-state index in [1.807, 2.05) is 0 Å². The van der Waals surface area contributed by atoms with Crippen LogP contribution in [0.3, 0.4) is 0 Å². The quantitative estimate of drug-likeness (QED) is 0.0379. The highest BCUT2D eigenvalue weighted by molar-refractivity contribution is 7.97. The summed E-state index contributed by atoms with van der Waals surface area (Å²) < 4.78 is 180. The summed E-state index contributed by atoms with van der Waals surface area (Å²) in [4.78, 5) is 8.35. The third-order valence-corrected chi connectivity index (χ3v) is 20.7. The Morgan fingerprint density at radius 3 is 0.704 bits per heavy atom. The fraction of sp³-hybridized carbons (Fsp3) is 0.158. The lowest BCUT2D eigenvalue weighted by atomic mass is 10.1. The lowest BCUT2D eigenvalue weighted by Gasteiger charge is -2.12. The highest BCUT2D eigenvalue weighted by atomic mass is 127. The molecule has 0 aromatic heterocycles. The van der Waals surface area contributed by atoms with Crippen molar-refractivity contribution in [1.29, 1.82) is 0 Å². The van der Waals surface area contributed by atoms with Gasteiger partial charge in [-0.2, -0.15) is 39.5 Å². The number of halogens is 10. The van der Waals surface area contributed by atoms with Crippen molar-refractivity contribution in [2.24, 2.45) is 0 Å². The van der Waals surface area contributed by atoms with Gasteiger partial charge in [-0.1, -0.05) is 121 Å². The molecule has 0 aliphatic heterocycles. The van der Waals surface area contributed by atoms with Crippen molar-refractivity contribution < 1.29 is 99.6 Å². The van der Waals surface area contributed by atoms with Gasteiger partial charge in [-0.05, 0) is 136 Å². The minimum atomic E-state index is -6.09. The van der Waals surface area contributed by atoms with Gasteiger partial charge in [-0.15, -0.1) is 0 Å². The summed E-state index contributed by atoms with van der Waals surface area (Å²) in [5.41, 5.74) is -6.15. The van der Waals surface area contributed by atoms with Gasteiger partial charge in [0.1, 0.15) is 0 Å². The number of hydrogen-bond acceptors (Lipinski definition) is 9. The Labute approximate surface area is 480 Å². The van der Waals surface area contributed by atoms with Crippen LogP contribution < -0.4 is 21.2 Å². The van der Waals surface area contributed by atoms with Crippen LogP contribution in [0, 0.1) is 34.8 Å². The minimum absolute atomic E-state index is 0.140. The minimum Gasteiger partial charge on any atom is -0.741 e. The summed E-state index contributed by atoms with van der Waals surface area (Å²) >= 11 is -0.242. The molecule has 430 valence electrons. The molecule has 24 heteroatoms. The smallest absolute Gasteiger partial charge is 0.485 e. The highest BCUT2D eigenvalue weighted by Gasteiger charge is 2.39. The van der Waals surface area contributed by atoms with Crippen molar-refractivity contribution in [1.82, 2.24) is 0 Å². The van der Waals surface area contributed by atoms with E-state index in [9.17, 15) is 39.5 Å². The van der Waals surface area contributed by atoms with E-state index >= 15 is 0 Å². The van der Waals surface area contributed by atoms with E-state index in [1.54, 1.807) is 0 Å². The van der Waals surface area contributed by atoms with E-state index in [0.29, 0.717) is 0 Å². The SMILES string of the molecule is Cc1ccccc1[S+](c1ccc(Cc2ccc([I+]c3ccc(Cc4ccc([S+](c5ccccc5C)c5ccccc5C)cc4)cc3)cc2)cc1)c1ccccc1C.O=S(=O)([O-])C(F)(F)F.O=S(=O)([O-])C(F)(F)F.O=S(=O)([O-])C(F)(F)F. The summed E-state index contributed by atoms with van der Waals surface area (Å²) in [6.45, 7) is 8.94. The molecule has 9 nitrogen and oxygen atoms in total. The van der Waals surface area contributed by atoms with Gasteiger partial charge in [-0.3, -0.25) is 0 Å². The molecule has 0 amide bonds. The summed E-state index contributed by atoms with van der Waals surface area (Å²) in [6.07, 6.45) is 1.88. The molecule has 0 spiro atoms. The fourth-order valence-electron chi connectivity index (χ4n) is 7.30. The van der Waals surface area contributed by atoms with E-state index in [4.69, 9.17) is 38.9 Å². The Balaban J connectivity index is 0.000000419. The van der Waals surface area contributed by atoms with Gasteiger partial charge in [0.25, 0.3) is 0 Å². The van der Waals surface area contributed by atoms with Crippen LogP contribution in [-0.4, -0.2) is 55.4 Å². The molecule has 0 unspecified atom stereocenters. The van der Waals surface area contributed by atoms with Gasteiger partial charge in [-0.25, -0.2) is 25.3 Å². The first kappa shape index (κ1) is 66.1. The second kappa shape index (κ2) is 28.0. The van der Waals surface area contributed by atoms with Gasteiger partial charge in [0.05, 0.1) is 21.8 Å². The lowest BCUT2D eigenvalue weighted by molar-refractivity contribution is -0.597. The molecule has 8 rings (SSSR count). The first-order valence-electron chi connectivity index (χ1n) is 23.4. The molecule has 0 radical (unpaired) electrons. The molecule has 0 aliphatic rings. The maximum absolute atomic E-state index is 10.7. The molecule has 81 heavy (non-hydrogen) atoms. The number of benzene rings is 8. The molecule has 0 saturated carbocycles. The van der Waals surface area contributed by atoms with Crippen LogP contribution in [0.15, 0.2) is 223 Å². The van der Waals surface area contributed by atoms with E-state index in [-0.39, 0.29) is 43.0 Å². The van der Waals surface area contributed by atoms with Crippen LogP contribution in [0.25, 0.3) is 0 Å². The average Bonchev–Trinajstić information content (AvgIpc) is 3.38. The average molecular weight is 1340 g/mol. The summed E-state index contributed by atoms with van der Waals surface area (Å²) in [7, 11) is -18.6. The van der Waals surface area contributed by atoms with Crippen LogP contribution in [0.5, 0.6) is 0 Å². The Kier molecular flexibility index (Phi) is 22.9. The van der Waals surface area contributed by atoms with Gasteiger partial charge in [0.2, 0.25) is 0 Å². The van der Waals surface area contributed by atoms with Gasteiger partial charge in [0.15, 0.2) is 66.9 Å². The van der Waals surface area contributed by atoms with Crippen LogP contribution in [0.4, 0.5) is 39.5 Å². The predicted molar refractivity (Wildman–Crippen MR) is 285 cm³/mol. The van der Waals surface area contributed by atoms with Crippen molar-refractivity contribution in [2.75, 3.05) is 0 Å². The third-order valence-electron chi connectivity index (χ3n) is 11.3. The van der Waals surface area contributed by atoms with Crippen LogP contribution in [0.1, 0.15) is 44.5 Å². The van der Waals surface area contributed by atoms with E-state index in [1.165, 1.54) is 81.0 Å². The first-order valence-corrected chi connectivity index (χ1v) is 32.3. The topological polar surface area (TPSA) is 172 Å². The predicted octanol–water partition coefficient (Wildman–Crippen LogP) is 10.6. The monoisotopic (exact) mass is 1330 g/mol. The number of aryl methyl sites for hydroxylation is 4. The van der Waals surface area contributed by atoms with E-state index < -0.39 is 46.9 Å². The summed E-state index contributed by atoms with van der Waals surface area (Å²) in [5.74, 6) is 0. The summed E-state index contributed by atoms with van der Waals surface area (Å²) in [6, 6.07) is 72.8. The van der Waals surface area contributed by atoms with Crippen molar-refractivity contribution in [3.8, 4) is 0 Å². The molecular formula is C57H48F9IO9S5. The number of alkyl halides is 9. The molecule has 0 N–H and O–H groups in total.